The number of hydrogen-bond acceptors (Lipinski definition) is 3. The van der Waals surface area contributed by atoms with E-state index in [4.69, 9.17) is 0 Å². The second-order valence-corrected chi connectivity index (χ2v) is 10.5. The summed E-state index contributed by atoms with van der Waals surface area (Å²) in [5, 5.41) is 5.90. The molecule has 5 fully saturated rings. The third kappa shape index (κ3) is 5.06. The van der Waals surface area contributed by atoms with Crippen LogP contribution in [0.15, 0.2) is 24.3 Å². The summed E-state index contributed by atoms with van der Waals surface area (Å²) < 4.78 is 41.9. The van der Waals surface area contributed by atoms with Gasteiger partial charge in [0.2, 0.25) is 5.91 Å². The van der Waals surface area contributed by atoms with Crippen LogP contribution in [0.25, 0.3) is 0 Å². The van der Waals surface area contributed by atoms with E-state index in [2.05, 4.69) is 15.4 Å². The van der Waals surface area contributed by atoms with Gasteiger partial charge in [0.15, 0.2) is 5.75 Å². The van der Waals surface area contributed by atoms with E-state index in [0.29, 0.717) is 25.9 Å². The Labute approximate surface area is 191 Å². The van der Waals surface area contributed by atoms with Crippen LogP contribution in [0.1, 0.15) is 51.4 Å². The topological polar surface area (TPSA) is 70.7 Å². The lowest BCUT2D eigenvalue weighted by atomic mass is 9.53. The number of para-hydroxylation sites is 2. The number of ether oxygens (including phenoxy) is 1. The molecule has 2 N–H and O–H groups in total. The van der Waals surface area contributed by atoms with Gasteiger partial charge in [0.25, 0.3) is 0 Å². The lowest BCUT2D eigenvalue weighted by Gasteiger charge is -2.57. The highest BCUT2D eigenvalue weighted by molar-refractivity contribution is 5.91. The molecule has 6 rings (SSSR count). The molecule has 1 aliphatic heterocycles. The molecule has 4 aliphatic carbocycles. The molecule has 0 spiro atoms. The van der Waals surface area contributed by atoms with Crippen LogP contribution < -0.4 is 15.4 Å². The maximum atomic E-state index is 12.9. The summed E-state index contributed by atoms with van der Waals surface area (Å²) in [5.41, 5.74) is -0.0632. The molecule has 3 amide bonds. The van der Waals surface area contributed by atoms with Gasteiger partial charge in [0, 0.05) is 25.0 Å². The maximum Gasteiger partial charge on any atom is 0.573 e. The van der Waals surface area contributed by atoms with Gasteiger partial charge in [0.05, 0.1) is 5.69 Å². The van der Waals surface area contributed by atoms with Crippen molar-refractivity contribution < 1.29 is 27.5 Å². The standard InChI is InChI=1S/C24H30F3N3O3/c25-24(26,27)33-20-4-2-1-3-19(20)28-22(32)30-6-5-15(14-30)10-21(31)29-23-11-16-7-17(12-23)9-18(8-16)13-23/h1-4,15-18H,5-14H2,(H,28,32)(H,29,31). The van der Waals surface area contributed by atoms with Crippen molar-refractivity contribution in [3.8, 4) is 5.75 Å². The lowest BCUT2D eigenvalue weighted by Crippen LogP contribution is -2.60. The molecule has 33 heavy (non-hydrogen) atoms. The van der Waals surface area contributed by atoms with E-state index in [1.165, 1.54) is 37.5 Å². The van der Waals surface area contributed by atoms with Crippen LogP contribution in [0.4, 0.5) is 23.7 Å². The van der Waals surface area contributed by atoms with Gasteiger partial charge in [-0.2, -0.15) is 0 Å². The van der Waals surface area contributed by atoms with Crippen LogP contribution in [0.2, 0.25) is 0 Å². The molecule has 4 bridgehead atoms. The lowest BCUT2D eigenvalue weighted by molar-refractivity contribution is -0.274. The minimum absolute atomic E-state index is 0.0241. The van der Waals surface area contributed by atoms with Crippen molar-refractivity contribution in [3.63, 3.8) is 0 Å². The number of hydrogen-bond donors (Lipinski definition) is 2. The Morgan fingerprint density at radius 3 is 2.33 bits per heavy atom. The van der Waals surface area contributed by atoms with Gasteiger partial charge in [-0.3, -0.25) is 4.79 Å². The Balaban J connectivity index is 1.13. The van der Waals surface area contributed by atoms with Gasteiger partial charge in [-0.05, 0) is 80.8 Å². The SMILES string of the molecule is O=C(CC1CCN(C(=O)Nc2ccccc2OC(F)(F)F)C1)NC12CC3CC(CC(C3)C1)C2. The Hall–Kier alpha value is -2.45. The fourth-order valence-electron chi connectivity index (χ4n) is 7.03. The van der Waals surface area contributed by atoms with Gasteiger partial charge in [-0.1, -0.05) is 12.1 Å². The van der Waals surface area contributed by atoms with E-state index in [-0.39, 0.29) is 23.1 Å². The van der Waals surface area contributed by atoms with Crippen molar-refractivity contribution >= 4 is 17.6 Å². The fraction of sp³-hybridized carbons (Fsp3) is 0.667. The quantitative estimate of drug-likeness (QED) is 0.649. The molecular weight excluding hydrogens is 435 g/mol. The minimum atomic E-state index is -4.84. The number of benzene rings is 1. The number of nitrogens with one attached hydrogen (secondary N) is 2. The number of carbonyl (C=O) groups is 2. The number of nitrogens with zero attached hydrogens (tertiary/aromatic N) is 1. The molecule has 1 unspecified atom stereocenters. The Morgan fingerprint density at radius 1 is 1.06 bits per heavy atom. The number of halogens is 3. The molecule has 1 aromatic carbocycles. The molecule has 1 aromatic rings. The average Bonchev–Trinajstić information content (AvgIpc) is 3.15. The molecule has 0 aromatic heterocycles. The molecule has 1 saturated heterocycles. The first-order valence-electron chi connectivity index (χ1n) is 11.9. The molecular formula is C24H30F3N3O3. The zero-order chi connectivity index (χ0) is 23.2. The van der Waals surface area contributed by atoms with E-state index in [1.54, 1.807) is 4.90 Å². The van der Waals surface area contributed by atoms with Gasteiger partial charge >= 0.3 is 12.4 Å². The highest BCUT2D eigenvalue weighted by Gasteiger charge is 2.51. The number of anilines is 1. The minimum Gasteiger partial charge on any atom is -0.404 e. The summed E-state index contributed by atoms with van der Waals surface area (Å²) in [5.74, 6) is 1.92. The monoisotopic (exact) mass is 465 g/mol. The number of rotatable bonds is 5. The van der Waals surface area contributed by atoms with Gasteiger partial charge in [0.1, 0.15) is 0 Å². The van der Waals surface area contributed by atoms with Crippen molar-refractivity contribution in [2.75, 3.05) is 18.4 Å². The van der Waals surface area contributed by atoms with Crippen molar-refractivity contribution in [2.24, 2.45) is 23.7 Å². The van der Waals surface area contributed by atoms with E-state index in [9.17, 15) is 22.8 Å². The number of alkyl halides is 3. The van der Waals surface area contributed by atoms with E-state index in [1.807, 2.05) is 0 Å². The molecule has 6 nitrogen and oxygen atoms in total. The third-order valence-electron chi connectivity index (χ3n) is 7.84. The summed E-state index contributed by atoms with van der Waals surface area (Å²) in [7, 11) is 0. The Bertz CT molecular complexity index is 884. The average molecular weight is 466 g/mol. The fourth-order valence-corrected chi connectivity index (χ4v) is 7.03. The van der Waals surface area contributed by atoms with Gasteiger partial charge in [-0.15, -0.1) is 13.2 Å². The molecule has 1 atom stereocenters. The Morgan fingerprint density at radius 2 is 1.70 bits per heavy atom. The first-order chi connectivity index (χ1) is 15.7. The molecule has 1 heterocycles. The predicted octanol–water partition coefficient (Wildman–Crippen LogP) is 4.91. The molecule has 4 saturated carbocycles. The highest BCUT2D eigenvalue weighted by Crippen LogP contribution is 2.55. The number of amides is 3. The number of carbonyl (C=O) groups excluding carboxylic acids is 2. The van der Waals surface area contributed by atoms with Crippen LogP contribution in [0, 0.1) is 23.7 Å². The maximum absolute atomic E-state index is 12.9. The summed E-state index contributed by atoms with van der Waals surface area (Å²) in [6.07, 6.45) is 3.48. The van der Waals surface area contributed by atoms with Crippen LogP contribution in [-0.2, 0) is 4.79 Å². The van der Waals surface area contributed by atoms with Crippen LogP contribution in [0.3, 0.4) is 0 Å². The van der Waals surface area contributed by atoms with E-state index < -0.39 is 18.1 Å². The number of likely N-dealkylation sites (tertiary alicyclic amines) is 1. The zero-order valence-corrected chi connectivity index (χ0v) is 18.5. The predicted molar refractivity (Wildman–Crippen MR) is 115 cm³/mol. The smallest absolute Gasteiger partial charge is 0.404 e. The van der Waals surface area contributed by atoms with Crippen molar-refractivity contribution in [3.05, 3.63) is 24.3 Å². The van der Waals surface area contributed by atoms with Crippen LogP contribution in [0.5, 0.6) is 5.75 Å². The van der Waals surface area contributed by atoms with Gasteiger partial charge < -0.3 is 20.3 Å². The van der Waals surface area contributed by atoms with E-state index >= 15 is 0 Å². The normalized spacial score (nSPS) is 32.6. The zero-order valence-electron chi connectivity index (χ0n) is 18.5. The Kier molecular flexibility index (Phi) is 5.69. The largest absolute Gasteiger partial charge is 0.573 e. The first kappa shape index (κ1) is 22.3. The third-order valence-corrected chi connectivity index (χ3v) is 7.84. The summed E-state index contributed by atoms with van der Waals surface area (Å²) in [6.45, 7) is 0.867. The van der Waals surface area contributed by atoms with Gasteiger partial charge in [-0.25, -0.2) is 4.79 Å². The number of urea groups is 1. The van der Waals surface area contributed by atoms with Crippen LogP contribution in [-0.4, -0.2) is 41.8 Å². The molecule has 5 aliphatic rings. The van der Waals surface area contributed by atoms with Crippen LogP contribution >= 0.6 is 0 Å². The van der Waals surface area contributed by atoms with E-state index in [0.717, 1.165) is 43.1 Å². The molecule has 180 valence electrons. The van der Waals surface area contributed by atoms with Crippen molar-refractivity contribution in [2.45, 2.75) is 63.3 Å². The van der Waals surface area contributed by atoms with Crippen molar-refractivity contribution in [1.29, 1.82) is 0 Å². The summed E-state index contributed by atoms with van der Waals surface area (Å²) in [6, 6.07) is 4.97. The first-order valence-corrected chi connectivity index (χ1v) is 11.9. The highest BCUT2D eigenvalue weighted by atomic mass is 19.4. The molecule has 0 radical (unpaired) electrons. The molecule has 9 heteroatoms. The summed E-state index contributed by atoms with van der Waals surface area (Å²) >= 11 is 0. The summed E-state index contributed by atoms with van der Waals surface area (Å²) in [4.78, 5) is 27.1. The van der Waals surface area contributed by atoms with Crippen molar-refractivity contribution in [1.82, 2.24) is 10.2 Å². The second-order valence-electron chi connectivity index (χ2n) is 10.5. The second kappa shape index (κ2) is 8.40.